The summed E-state index contributed by atoms with van der Waals surface area (Å²) >= 11 is 0. The van der Waals surface area contributed by atoms with Crippen molar-refractivity contribution in [2.45, 2.75) is 6.10 Å². The molecule has 6 nitrogen and oxygen atoms in total. The highest BCUT2D eigenvalue weighted by Crippen LogP contribution is 2.35. The van der Waals surface area contributed by atoms with E-state index in [-0.39, 0.29) is 11.3 Å². The van der Waals surface area contributed by atoms with Crippen LogP contribution in [-0.4, -0.2) is 25.8 Å². The Labute approximate surface area is 137 Å². The summed E-state index contributed by atoms with van der Waals surface area (Å²) in [4.78, 5) is 36.8. The molecule has 0 aromatic heterocycles. The molecule has 1 aliphatic rings. The maximum atomic E-state index is 12.4. The van der Waals surface area contributed by atoms with E-state index in [9.17, 15) is 14.4 Å². The van der Waals surface area contributed by atoms with Gasteiger partial charge < -0.3 is 14.2 Å². The van der Waals surface area contributed by atoms with Crippen LogP contribution in [0.2, 0.25) is 0 Å². The Morgan fingerprint density at radius 2 is 1.62 bits per heavy atom. The summed E-state index contributed by atoms with van der Waals surface area (Å²) in [6.45, 7) is 0. The van der Waals surface area contributed by atoms with E-state index in [0.717, 1.165) is 0 Å². The second-order valence-electron chi connectivity index (χ2n) is 5.13. The molecule has 0 spiro atoms. The molecule has 2 aromatic rings. The lowest BCUT2D eigenvalue weighted by Gasteiger charge is -2.23. The van der Waals surface area contributed by atoms with Crippen LogP contribution in [0.4, 0.5) is 0 Å². The number of carbonyl (C=O) groups is 2. The Morgan fingerprint density at radius 1 is 0.917 bits per heavy atom. The second kappa shape index (κ2) is 6.16. The summed E-state index contributed by atoms with van der Waals surface area (Å²) in [7, 11) is 2.95. The zero-order valence-electron chi connectivity index (χ0n) is 13.1. The van der Waals surface area contributed by atoms with Crippen LogP contribution in [-0.2, 0) is 4.79 Å². The summed E-state index contributed by atoms with van der Waals surface area (Å²) in [6, 6.07) is 10.4. The number of benzene rings is 1. The first-order chi connectivity index (χ1) is 11.6. The molecule has 3 rings (SSSR count). The summed E-state index contributed by atoms with van der Waals surface area (Å²) in [5.41, 5.74) is -0.0735. The van der Waals surface area contributed by atoms with Crippen LogP contribution in [0.15, 0.2) is 47.3 Å². The average molecular weight is 326 g/mol. The van der Waals surface area contributed by atoms with Crippen molar-refractivity contribution in [2.75, 3.05) is 14.2 Å². The van der Waals surface area contributed by atoms with Crippen LogP contribution in [0.3, 0.4) is 0 Å². The minimum atomic E-state index is -1.19. The van der Waals surface area contributed by atoms with Crippen molar-refractivity contribution >= 4 is 11.6 Å². The summed E-state index contributed by atoms with van der Waals surface area (Å²) in [5, 5.41) is 0. The number of carbonyl (C=O) groups excluding carboxylic acids is 2. The number of ketones is 2. The maximum Gasteiger partial charge on any atom is 0.248 e. The molecule has 24 heavy (non-hydrogen) atoms. The van der Waals surface area contributed by atoms with Crippen molar-refractivity contribution in [3.63, 3.8) is 0 Å². The van der Waals surface area contributed by atoms with Gasteiger partial charge in [-0.2, -0.15) is 0 Å². The number of ether oxygens (including phenoxy) is 3. The first-order valence-corrected chi connectivity index (χ1v) is 7.17. The van der Waals surface area contributed by atoms with Crippen molar-refractivity contribution in [2.24, 2.45) is 0 Å². The molecule has 0 radical (unpaired) electrons. The predicted molar refractivity (Wildman–Crippen MR) is 85.0 cm³/mol. The van der Waals surface area contributed by atoms with Crippen LogP contribution < -0.4 is 19.6 Å². The van der Waals surface area contributed by atoms with Crippen LogP contribution in [0, 0.1) is 0 Å². The molecule has 6 heteroatoms. The number of hydrogen-bond acceptors (Lipinski definition) is 6. The molecule has 0 saturated heterocycles. The zero-order chi connectivity index (χ0) is 17.3. The van der Waals surface area contributed by atoms with Crippen molar-refractivity contribution in [1.82, 2.24) is 0 Å². The second-order valence-corrected chi connectivity index (χ2v) is 5.13. The molecule has 1 unspecified atom stereocenters. The van der Waals surface area contributed by atoms with Gasteiger partial charge in [-0.15, -0.1) is 0 Å². The molecule has 1 heterocycles. The third kappa shape index (κ3) is 2.52. The highest BCUT2D eigenvalue weighted by atomic mass is 16.5. The van der Waals surface area contributed by atoms with Gasteiger partial charge in [-0.3, -0.25) is 14.4 Å². The smallest absolute Gasteiger partial charge is 0.248 e. The van der Waals surface area contributed by atoms with Gasteiger partial charge in [0.25, 0.3) is 0 Å². The molecular weight excluding hydrogens is 312 g/mol. The van der Waals surface area contributed by atoms with Gasteiger partial charge in [-0.1, -0.05) is 18.2 Å². The van der Waals surface area contributed by atoms with Gasteiger partial charge in [0.05, 0.1) is 19.8 Å². The molecule has 0 bridgehead atoms. The fraction of sp³-hybridized carbons (Fsp3) is 0.167. The Morgan fingerprint density at radius 3 is 2.33 bits per heavy atom. The van der Waals surface area contributed by atoms with Crippen molar-refractivity contribution in [1.29, 1.82) is 0 Å². The molecule has 1 aliphatic heterocycles. The van der Waals surface area contributed by atoms with Crippen molar-refractivity contribution < 1.29 is 23.8 Å². The lowest BCUT2D eigenvalue weighted by molar-refractivity contribution is -0.122. The Bertz CT molecular complexity index is 887. The first-order valence-electron chi connectivity index (χ1n) is 7.17. The van der Waals surface area contributed by atoms with Crippen LogP contribution in [0.1, 0.15) is 22.0 Å². The van der Waals surface area contributed by atoms with Crippen LogP contribution in [0.5, 0.6) is 17.2 Å². The summed E-state index contributed by atoms with van der Waals surface area (Å²) in [5.74, 6) is -0.730. The Hall–Kier alpha value is -3.15. The maximum absolute atomic E-state index is 12.4. The molecule has 0 amide bonds. The van der Waals surface area contributed by atoms with E-state index in [1.54, 1.807) is 18.2 Å². The van der Waals surface area contributed by atoms with Gasteiger partial charge in [0.1, 0.15) is 0 Å². The number of rotatable bonds is 3. The third-order valence-corrected chi connectivity index (χ3v) is 3.74. The van der Waals surface area contributed by atoms with Gasteiger partial charge in [0.2, 0.25) is 17.0 Å². The molecule has 0 aliphatic carbocycles. The van der Waals surface area contributed by atoms with E-state index >= 15 is 0 Å². The molecule has 0 N–H and O–H groups in total. The van der Waals surface area contributed by atoms with Crippen LogP contribution in [0.25, 0.3) is 0 Å². The zero-order valence-corrected chi connectivity index (χ0v) is 13.1. The molecule has 1 atom stereocenters. The van der Waals surface area contributed by atoms with Gasteiger partial charge in [0.15, 0.2) is 23.4 Å². The molecule has 122 valence electrons. The number of Topliss-reactive ketones (excluding diaryl/α,β-unsaturated/α-hetero) is 2. The Balaban J connectivity index is 2.11. The third-order valence-electron chi connectivity index (χ3n) is 3.74. The number of methoxy groups -OCH3 is 2. The first kappa shape index (κ1) is 15.7. The molecule has 0 fully saturated rings. The number of hydrogen-bond donors (Lipinski definition) is 0. The van der Waals surface area contributed by atoms with Gasteiger partial charge in [-0.25, -0.2) is 0 Å². The van der Waals surface area contributed by atoms with Crippen molar-refractivity contribution in [3.05, 3.63) is 63.8 Å². The highest BCUT2D eigenvalue weighted by Gasteiger charge is 2.37. The van der Waals surface area contributed by atoms with Crippen molar-refractivity contribution in [3.8, 4) is 17.2 Å². The van der Waals surface area contributed by atoms with Gasteiger partial charge >= 0.3 is 0 Å². The quantitative estimate of drug-likeness (QED) is 0.802. The highest BCUT2D eigenvalue weighted by molar-refractivity contribution is 6.46. The van der Waals surface area contributed by atoms with Gasteiger partial charge in [0, 0.05) is 5.56 Å². The lowest BCUT2D eigenvalue weighted by Crippen LogP contribution is -2.33. The predicted octanol–water partition coefficient (Wildman–Crippen LogP) is 1.95. The van der Waals surface area contributed by atoms with Crippen LogP contribution >= 0.6 is 0 Å². The largest absolute Gasteiger partial charge is 0.493 e. The minimum Gasteiger partial charge on any atom is -0.493 e. The topological polar surface area (TPSA) is 78.9 Å². The SMILES string of the molecule is COc1ccc(C2Oc3c(ccccc3=O)C(=O)C2=O)cc1OC. The fourth-order valence-corrected chi connectivity index (χ4v) is 2.54. The minimum absolute atomic E-state index is 0.0215. The molecular formula is C18H14O6. The monoisotopic (exact) mass is 326 g/mol. The van der Waals surface area contributed by atoms with E-state index in [1.807, 2.05) is 0 Å². The van der Waals surface area contributed by atoms with E-state index in [0.29, 0.717) is 17.1 Å². The fourth-order valence-electron chi connectivity index (χ4n) is 2.54. The van der Waals surface area contributed by atoms with E-state index < -0.39 is 23.1 Å². The van der Waals surface area contributed by atoms with Gasteiger partial charge in [-0.05, 0) is 24.3 Å². The Kier molecular flexibility index (Phi) is 4.04. The normalized spacial score (nSPS) is 16.2. The summed E-state index contributed by atoms with van der Waals surface area (Å²) < 4.78 is 15.9. The van der Waals surface area contributed by atoms with E-state index in [2.05, 4.69) is 0 Å². The lowest BCUT2D eigenvalue weighted by atomic mass is 9.95. The average Bonchev–Trinajstić information content (AvgIpc) is 2.79. The van der Waals surface area contributed by atoms with E-state index in [4.69, 9.17) is 14.2 Å². The number of fused-ring (bicyclic) bond motifs is 1. The standard InChI is InChI=1S/C18H14O6/c1-22-13-8-7-10(9-14(13)23-2)17-16(21)15(20)11-5-3-4-6-12(19)18(11)24-17/h3-9,17H,1-2H3. The summed E-state index contributed by atoms with van der Waals surface area (Å²) in [6.07, 6.45) is -1.19. The molecule has 0 saturated carbocycles. The molecule has 2 aromatic carbocycles. The van der Waals surface area contributed by atoms with E-state index in [1.165, 1.54) is 38.5 Å².